The smallest absolute Gasteiger partial charge is 0.113 e. The van der Waals surface area contributed by atoms with Crippen molar-refractivity contribution >= 4 is 18.1 Å². The Morgan fingerprint density at radius 3 is 2.00 bits per heavy atom. The fourth-order valence-electron chi connectivity index (χ4n) is 2.81. The lowest BCUT2D eigenvalue weighted by Crippen LogP contribution is -2.67. The van der Waals surface area contributed by atoms with Gasteiger partial charge in [-0.25, -0.2) is 4.39 Å². The molecule has 3 aliphatic carbocycles. The predicted molar refractivity (Wildman–Crippen MR) is 57.5 cm³/mol. The molecule has 4 rings (SSSR count). The molecule has 0 heterocycles. The number of rotatable bonds is 1. The van der Waals surface area contributed by atoms with Crippen LogP contribution in [-0.2, 0) is 5.41 Å². The highest BCUT2D eigenvalue weighted by molar-refractivity contribution is 5.85. The van der Waals surface area contributed by atoms with Gasteiger partial charge in [0.15, 0.2) is 0 Å². The SMILES string of the molecule is Cl.Nc1ccc(C23CC(F)(C2)C3)cc1. The van der Waals surface area contributed by atoms with E-state index >= 15 is 0 Å². The molecule has 1 nitrogen and oxygen atoms in total. The van der Waals surface area contributed by atoms with Crippen LogP contribution in [0.5, 0.6) is 0 Å². The highest BCUT2D eigenvalue weighted by atomic mass is 35.5. The van der Waals surface area contributed by atoms with Crippen LogP contribution in [0.2, 0.25) is 0 Å². The number of nitrogen functional groups attached to an aromatic ring is 1. The van der Waals surface area contributed by atoms with E-state index in [0.717, 1.165) is 24.9 Å². The molecule has 76 valence electrons. The zero-order chi connectivity index (χ0) is 9.10. The first-order valence-electron chi connectivity index (χ1n) is 4.67. The van der Waals surface area contributed by atoms with E-state index < -0.39 is 5.67 Å². The molecule has 14 heavy (non-hydrogen) atoms. The van der Waals surface area contributed by atoms with Gasteiger partial charge in [-0.1, -0.05) is 12.1 Å². The van der Waals surface area contributed by atoms with Gasteiger partial charge >= 0.3 is 0 Å². The van der Waals surface area contributed by atoms with Crippen LogP contribution in [-0.4, -0.2) is 5.67 Å². The fourth-order valence-corrected chi connectivity index (χ4v) is 2.81. The Hall–Kier alpha value is -0.760. The zero-order valence-electron chi connectivity index (χ0n) is 7.79. The number of halogens is 2. The summed E-state index contributed by atoms with van der Waals surface area (Å²) in [6, 6.07) is 7.88. The van der Waals surface area contributed by atoms with Crippen LogP contribution >= 0.6 is 12.4 Å². The molecule has 0 aromatic heterocycles. The van der Waals surface area contributed by atoms with E-state index in [0.29, 0.717) is 0 Å². The van der Waals surface area contributed by atoms with Gasteiger partial charge in [0.05, 0.1) is 0 Å². The first-order chi connectivity index (χ1) is 6.12. The Bertz CT molecular complexity index is 340. The molecule has 2 bridgehead atoms. The predicted octanol–water partition coefficient (Wildman–Crippen LogP) is 2.83. The summed E-state index contributed by atoms with van der Waals surface area (Å²) in [6.45, 7) is 0. The first-order valence-corrected chi connectivity index (χ1v) is 4.67. The minimum absolute atomic E-state index is 0. The van der Waals surface area contributed by atoms with E-state index in [1.54, 1.807) is 0 Å². The summed E-state index contributed by atoms with van der Waals surface area (Å²) in [4.78, 5) is 0. The summed E-state index contributed by atoms with van der Waals surface area (Å²) in [5, 5.41) is 0. The van der Waals surface area contributed by atoms with Gasteiger partial charge in [0.25, 0.3) is 0 Å². The molecule has 3 aliphatic rings. The largest absolute Gasteiger partial charge is 0.399 e. The maximum atomic E-state index is 13.3. The number of nitrogens with two attached hydrogens (primary N) is 1. The molecule has 2 N–H and O–H groups in total. The standard InChI is InChI=1S/C11H12FN.ClH/c12-11-5-10(6-11,7-11)8-1-3-9(13)4-2-8;/h1-4H,5-7,13H2;1H. The van der Waals surface area contributed by atoms with Crippen LogP contribution in [0.15, 0.2) is 24.3 Å². The number of alkyl halides is 1. The molecule has 0 radical (unpaired) electrons. The van der Waals surface area contributed by atoms with Crippen LogP contribution in [0.3, 0.4) is 0 Å². The lowest BCUT2D eigenvalue weighted by molar-refractivity contribution is -0.158. The Labute approximate surface area is 88.9 Å². The van der Waals surface area contributed by atoms with Crippen molar-refractivity contribution in [1.29, 1.82) is 0 Å². The molecule has 0 unspecified atom stereocenters. The summed E-state index contributed by atoms with van der Waals surface area (Å²) in [6.07, 6.45) is 2.18. The Morgan fingerprint density at radius 2 is 1.57 bits per heavy atom. The van der Waals surface area contributed by atoms with Crippen LogP contribution in [0, 0.1) is 0 Å². The molecule has 0 amide bonds. The second kappa shape index (κ2) is 2.63. The Morgan fingerprint density at radius 1 is 1.07 bits per heavy atom. The van der Waals surface area contributed by atoms with Gasteiger partial charge in [-0.15, -0.1) is 12.4 Å². The average molecular weight is 214 g/mol. The monoisotopic (exact) mass is 213 g/mol. The van der Waals surface area contributed by atoms with Gasteiger partial charge in [0.1, 0.15) is 5.67 Å². The zero-order valence-corrected chi connectivity index (χ0v) is 8.61. The van der Waals surface area contributed by atoms with Crippen molar-refractivity contribution in [2.24, 2.45) is 0 Å². The van der Waals surface area contributed by atoms with Gasteiger partial charge in [0, 0.05) is 11.1 Å². The fraction of sp³-hybridized carbons (Fsp3) is 0.455. The van der Waals surface area contributed by atoms with Gasteiger partial charge < -0.3 is 5.73 Å². The third-order valence-corrected chi connectivity index (χ3v) is 3.49. The third kappa shape index (κ3) is 1.07. The summed E-state index contributed by atoms with van der Waals surface area (Å²) in [5.74, 6) is 0. The second-order valence-corrected chi connectivity index (χ2v) is 4.58. The molecule has 3 saturated carbocycles. The van der Waals surface area contributed by atoms with Crippen LogP contribution in [0.1, 0.15) is 24.8 Å². The molecule has 0 atom stereocenters. The molecule has 1 aromatic carbocycles. The lowest BCUT2D eigenvalue weighted by Gasteiger charge is -2.66. The van der Waals surface area contributed by atoms with E-state index in [9.17, 15) is 4.39 Å². The van der Waals surface area contributed by atoms with E-state index in [1.807, 2.05) is 24.3 Å². The second-order valence-electron chi connectivity index (χ2n) is 4.58. The molecular formula is C11H13ClFN. The van der Waals surface area contributed by atoms with Gasteiger partial charge in [-0.2, -0.15) is 0 Å². The molecule has 3 fully saturated rings. The topological polar surface area (TPSA) is 26.0 Å². The molecule has 3 heteroatoms. The van der Waals surface area contributed by atoms with Crippen molar-refractivity contribution in [1.82, 2.24) is 0 Å². The minimum atomic E-state index is -0.804. The maximum Gasteiger partial charge on any atom is 0.113 e. The van der Waals surface area contributed by atoms with Gasteiger partial charge in [0.2, 0.25) is 0 Å². The molecule has 0 spiro atoms. The molecular weight excluding hydrogens is 201 g/mol. The van der Waals surface area contributed by atoms with Crippen molar-refractivity contribution < 1.29 is 4.39 Å². The van der Waals surface area contributed by atoms with Crippen molar-refractivity contribution in [2.45, 2.75) is 30.3 Å². The summed E-state index contributed by atoms with van der Waals surface area (Å²) < 4.78 is 13.3. The van der Waals surface area contributed by atoms with Crippen molar-refractivity contribution in [3.63, 3.8) is 0 Å². The van der Waals surface area contributed by atoms with E-state index in [-0.39, 0.29) is 17.8 Å². The lowest BCUT2D eigenvalue weighted by atomic mass is 9.40. The highest BCUT2D eigenvalue weighted by Gasteiger charge is 2.69. The number of benzene rings is 1. The molecule has 0 saturated heterocycles. The van der Waals surface area contributed by atoms with E-state index in [1.165, 1.54) is 5.56 Å². The van der Waals surface area contributed by atoms with Crippen LogP contribution < -0.4 is 5.73 Å². The normalized spacial score (nSPS) is 37.8. The van der Waals surface area contributed by atoms with Crippen LogP contribution in [0.25, 0.3) is 0 Å². The van der Waals surface area contributed by atoms with Crippen molar-refractivity contribution in [3.05, 3.63) is 29.8 Å². The van der Waals surface area contributed by atoms with E-state index in [4.69, 9.17) is 5.73 Å². The summed E-state index contributed by atoms with van der Waals surface area (Å²) in [7, 11) is 0. The van der Waals surface area contributed by atoms with Gasteiger partial charge in [-0.3, -0.25) is 0 Å². The van der Waals surface area contributed by atoms with Crippen molar-refractivity contribution in [3.8, 4) is 0 Å². The molecule has 1 aromatic rings. The summed E-state index contributed by atoms with van der Waals surface area (Å²) in [5.41, 5.74) is 7.02. The summed E-state index contributed by atoms with van der Waals surface area (Å²) >= 11 is 0. The molecule has 0 aliphatic heterocycles. The number of anilines is 1. The Balaban J connectivity index is 0.000000750. The first kappa shape index (κ1) is 9.78. The minimum Gasteiger partial charge on any atom is -0.399 e. The number of hydrogen-bond acceptors (Lipinski definition) is 1. The average Bonchev–Trinajstić information content (AvgIpc) is 1.99. The number of hydrogen-bond donors (Lipinski definition) is 1. The van der Waals surface area contributed by atoms with Crippen molar-refractivity contribution in [2.75, 3.05) is 5.73 Å². The maximum absolute atomic E-state index is 13.3. The Kier molecular flexibility index (Phi) is 1.84. The third-order valence-electron chi connectivity index (χ3n) is 3.49. The quantitative estimate of drug-likeness (QED) is 0.714. The van der Waals surface area contributed by atoms with E-state index in [2.05, 4.69) is 0 Å². The highest BCUT2D eigenvalue weighted by Crippen LogP contribution is 2.69. The van der Waals surface area contributed by atoms with Crippen LogP contribution in [0.4, 0.5) is 10.1 Å². The van der Waals surface area contributed by atoms with Gasteiger partial charge in [-0.05, 0) is 37.0 Å².